The summed E-state index contributed by atoms with van der Waals surface area (Å²) in [7, 11) is 2.02. The number of hydrogen-bond donors (Lipinski definition) is 1. The molecule has 0 aliphatic carbocycles. The zero-order valence-corrected chi connectivity index (χ0v) is 10.8. The Kier molecular flexibility index (Phi) is 3.84. The molecule has 2 rings (SSSR count). The Morgan fingerprint density at radius 1 is 1.65 bits per heavy atom. The van der Waals surface area contributed by atoms with E-state index in [0.717, 1.165) is 43.7 Å². The van der Waals surface area contributed by atoms with E-state index in [0.29, 0.717) is 0 Å². The van der Waals surface area contributed by atoms with E-state index in [1.807, 2.05) is 20.0 Å². The van der Waals surface area contributed by atoms with Gasteiger partial charge in [0.1, 0.15) is 0 Å². The first kappa shape index (κ1) is 12.2. The smallest absolute Gasteiger partial charge is 0.206 e. The summed E-state index contributed by atoms with van der Waals surface area (Å²) < 4.78 is 2.18. The van der Waals surface area contributed by atoms with Gasteiger partial charge in [0.15, 0.2) is 0 Å². The molecule has 0 radical (unpaired) electrons. The van der Waals surface area contributed by atoms with Gasteiger partial charge >= 0.3 is 0 Å². The number of anilines is 1. The van der Waals surface area contributed by atoms with Crippen LogP contribution in [-0.2, 0) is 6.54 Å². The van der Waals surface area contributed by atoms with Gasteiger partial charge in [0.2, 0.25) is 5.95 Å². The summed E-state index contributed by atoms with van der Waals surface area (Å²) in [6.45, 7) is 9.99. The summed E-state index contributed by atoms with van der Waals surface area (Å²) >= 11 is 0. The quantitative estimate of drug-likeness (QED) is 0.782. The van der Waals surface area contributed by atoms with Gasteiger partial charge in [-0.25, -0.2) is 4.98 Å². The maximum Gasteiger partial charge on any atom is 0.206 e. The second kappa shape index (κ2) is 5.36. The van der Waals surface area contributed by atoms with E-state index in [4.69, 9.17) is 0 Å². The Balaban J connectivity index is 2.09. The molecule has 1 atom stereocenters. The van der Waals surface area contributed by atoms with Gasteiger partial charge in [-0.3, -0.25) is 0 Å². The minimum atomic E-state index is 0.745. The molecule has 94 valence electrons. The van der Waals surface area contributed by atoms with Crippen molar-refractivity contribution in [2.45, 2.75) is 19.9 Å². The highest BCUT2D eigenvalue weighted by atomic mass is 15.3. The van der Waals surface area contributed by atoms with Gasteiger partial charge in [0.25, 0.3) is 0 Å². The van der Waals surface area contributed by atoms with Crippen LogP contribution in [0.4, 0.5) is 5.95 Å². The molecule has 2 heterocycles. The zero-order chi connectivity index (χ0) is 12.3. The molecule has 0 saturated carbocycles. The van der Waals surface area contributed by atoms with Crippen molar-refractivity contribution in [1.82, 2.24) is 14.9 Å². The fourth-order valence-electron chi connectivity index (χ4n) is 2.53. The molecular formula is C13H22N4. The van der Waals surface area contributed by atoms with Gasteiger partial charge in [-0.15, -0.1) is 6.58 Å². The van der Waals surface area contributed by atoms with E-state index in [1.165, 1.54) is 6.42 Å². The first-order valence-corrected chi connectivity index (χ1v) is 6.28. The predicted molar refractivity (Wildman–Crippen MR) is 71.4 cm³/mol. The SMILES string of the molecule is C=CCn1cc(C)nc1N1CCC(CNC)C1. The van der Waals surface area contributed by atoms with Crippen LogP contribution >= 0.6 is 0 Å². The Morgan fingerprint density at radius 2 is 2.47 bits per heavy atom. The molecule has 4 heteroatoms. The maximum atomic E-state index is 4.63. The van der Waals surface area contributed by atoms with Crippen LogP contribution in [0.3, 0.4) is 0 Å². The number of nitrogens with one attached hydrogen (secondary N) is 1. The minimum absolute atomic E-state index is 0.745. The van der Waals surface area contributed by atoms with Crippen molar-refractivity contribution in [3.8, 4) is 0 Å². The van der Waals surface area contributed by atoms with Crippen molar-refractivity contribution in [1.29, 1.82) is 0 Å². The van der Waals surface area contributed by atoms with Crippen molar-refractivity contribution >= 4 is 5.95 Å². The van der Waals surface area contributed by atoms with Crippen LogP contribution in [-0.4, -0.2) is 36.2 Å². The lowest BCUT2D eigenvalue weighted by Gasteiger charge is -2.18. The van der Waals surface area contributed by atoms with Gasteiger partial charge in [0, 0.05) is 25.8 Å². The van der Waals surface area contributed by atoms with E-state index < -0.39 is 0 Å². The first-order chi connectivity index (χ1) is 8.24. The molecule has 0 amide bonds. The molecule has 0 spiro atoms. The Labute approximate surface area is 103 Å². The highest BCUT2D eigenvalue weighted by molar-refractivity contribution is 5.35. The second-order valence-corrected chi connectivity index (χ2v) is 4.78. The van der Waals surface area contributed by atoms with E-state index in [-0.39, 0.29) is 0 Å². The minimum Gasteiger partial charge on any atom is -0.342 e. The van der Waals surface area contributed by atoms with Crippen LogP contribution in [0, 0.1) is 12.8 Å². The van der Waals surface area contributed by atoms with E-state index >= 15 is 0 Å². The highest BCUT2D eigenvalue weighted by Gasteiger charge is 2.24. The van der Waals surface area contributed by atoms with Crippen LogP contribution in [0.5, 0.6) is 0 Å². The monoisotopic (exact) mass is 234 g/mol. The Morgan fingerprint density at radius 3 is 3.18 bits per heavy atom. The topological polar surface area (TPSA) is 33.1 Å². The lowest BCUT2D eigenvalue weighted by Crippen LogP contribution is -2.26. The number of rotatable bonds is 5. The van der Waals surface area contributed by atoms with Crippen LogP contribution in [0.15, 0.2) is 18.9 Å². The molecule has 1 saturated heterocycles. The third-order valence-corrected chi connectivity index (χ3v) is 3.26. The van der Waals surface area contributed by atoms with Gasteiger partial charge in [0.05, 0.1) is 5.69 Å². The number of nitrogens with zero attached hydrogens (tertiary/aromatic N) is 3. The van der Waals surface area contributed by atoms with Gasteiger partial charge in [-0.2, -0.15) is 0 Å². The molecular weight excluding hydrogens is 212 g/mol. The number of hydrogen-bond acceptors (Lipinski definition) is 3. The van der Waals surface area contributed by atoms with Crippen molar-refractivity contribution in [2.75, 3.05) is 31.6 Å². The molecule has 1 fully saturated rings. The maximum absolute atomic E-state index is 4.63. The lowest BCUT2D eigenvalue weighted by atomic mass is 10.1. The van der Waals surface area contributed by atoms with Crippen LogP contribution in [0.1, 0.15) is 12.1 Å². The molecule has 1 aromatic rings. The summed E-state index contributed by atoms with van der Waals surface area (Å²) in [6, 6.07) is 0. The molecule has 1 unspecified atom stereocenters. The third kappa shape index (κ3) is 2.69. The molecule has 1 aliphatic rings. The van der Waals surface area contributed by atoms with Crippen molar-refractivity contribution in [2.24, 2.45) is 5.92 Å². The summed E-state index contributed by atoms with van der Waals surface area (Å²) in [6.07, 6.45) is 5.27. The number of imidazole rings is 1. The average Bonchev–Trinajstić information content (AvgIpc) is 2.87. The summed E-state index contributed by atoms with van der Waals surface area (Å²) in [4.78, 5) is 7.01. The van der Waals surface area contributed by atoms with E-state index in [1.54, 1.807) is 0 Å². The standard InChI is InChI=1S/C13H22N4/c1-4-6-16-9-11(2)15-13(16)17-7-5-12(10-17)8-14-3/h4,9,12,14H,1,5-8,10H2,2-3H3. The lowest BCUT2D eigenvalue weighted by molar-refractivity contribution is 0.548. The fourth-order valence-corrected chi connectivity index (χ4v) is 2.53. The first-order valence-electron chi connectivity index (χ1n) is 6.28. The van der Waals surface area contributed by atoms with Gasteiger partial charge < -0.3 is 14.8 Å². The van der Waals surface area contributed by atoms with Crippen LogP contribution in [0.25, 0.3) is 0 Å². The second-order valence-electron chi connectivity index (χ2n) is 4.78. The molecule has 1 aliphatic heterocycles. The Bertz CT molecular complexity index is 383. The highest BCUT2D eigenvalue weighted by Crippen LogP contribution is 2.23. The summed E-state index contributed by atoms with van der Waals surface area (Å²) in [5, 5.41) is 3.26. The molecule has 17 heavy (non-hydrogen) atoms. The van der Waals surface area contributed by atoms with Crippen LogP contribution < -0.4 is 10.2 Å². The number of aryl methyl sites for hydroxylation is 1. The average molecular weight is 234 g/mol. The van der Waals surface area contributed by atoms with Crippen molar-refractivity contribution in [3.05, 3.63) is 24.5 Å². The number of aromatic nitrogens is 2. The Hall–Kier alpha value is -1.29. The predicted octanol–water partition coefficient (Wildman–Crippen LogP) is 1.42. The fraction of sp³-hybridized carbons (Fsp3) is 0.615. The van der Waals surface area contributed by atoms with Gasteiger partial charge in [-0.1, -0.05) is 6.08 Å². The molecule has 1 N–H and O–H groups in total. The normalized spacial score (nSPS) is 19.9. The van der Waals surface area contributed by atoms with Crippen molar-refractivity contribution in [3.63, 3.8) is 0 Å². The van der Waals surface area contributed by atoms with E-state index in [9.17, 15) is 0 Å². The largest absolute Gasteiger partial charge is 0.342 e. The van der Waals surface area contributed by atoms with Crippen LogP contribution in [0.2, 0.25) is 0 Å². The zero-order valence-electron chi connectivity index (χ0n) is 10.8. The molecule has 0 aromatic carbocycles. The third-order valence-electron chi connectivity index (χ3n) is 3.26. The summed E-state index contributed by atoms with van der Waals surface area (Å²) in [5.41, 5.74) is 1.08. The molecule has 0 bridgehead atoms. The van der Waals surface area contributed by atoms with Crippen molar-refractivity contribution < 1.29 is 0 Å². The van der Waals surface area contributed by atoms with E-state index in [2.05, 4.69) is 32.5 Å². The number of allylic oxidation sites excluding steroid dienone is 1. The van der Waals surface area contributed by atoms with Gasteiger partial charge in [-0.05, 0) is 32.9 Å². The summed E-state index contributed by atoms with van der Waals surface area (Å²) in [5.74, 6) is 1.84. The molecule has 4 nitrogen and oxygen atoms in total. The molecule has 1 aromatic heterocycles.